The number of methoxy groups -OCH3 is 1. The maximum Gasteiger partial charge on any atom is 0.119 e. The summed E-state index contributed by atoms with van der Waals surface area (Å²) in [6, 6.07) is 6.34. The molecule has 1 aromatic rings. The second-order valence-electron chi connectivity index (χ2n) is 3.44. The Labute approximate surface area is 74.4 Å². The van der Waals surface area contributed by atoms with Crippen molar-refractivity contribution in [2.75, 3.05) is 7.11 Å². The summed E-state index contributed by atoms with van der Waals surface area (Å²) in [6.07, 6.45) is 0. The Balaban J connectivity index is 3.06. The summed E-state index contributed by atoms with van der Waals surface area (Å²) >= 11 is 0. The van der Waals surface area contributed by atoms with E-state index in [1.165, 1.54) is 11.1 Å². The van der Waals surface area contributed by atoms with E-state index in [1.54, 1.807) is 7.11 Å². The molecule has 1 rings (SSSR count). The molecular formula is C11H16O. The van der Waals surface area contributed by atoms with Gasteiger partial charge in [-0.1, -0.05) is 19.9 Å². The predicted octanol–water partition coefficient (Wildman–Crippen LogP) is 3.13. The average molecular weight is 164 g/mol. The molecule has 1 nitrogen and oxygen atoms in total. The second kappa shape index (κ2) is 3.61. The molecule has 0 aliphatic heterocycles. The van der Waals surface area contributed by atoms with E-state index in [4.69, 9.17) is 4.74 Å². The summed E-state index contributed by atoms with van der Waals surface area (Å²) < 4.78 is 5.19. The molecule has 0 atom stereocenters. The minimum absolute atomic E-state index is 0.568. The molecule has 12 heavy (non-hydrogen) atoms. The number of benzene rings is 1. The maximum absolute atomic E-state index is 5.19. The van der Waals surface area contributed by atoms with Crippen LogP contribution in [0.15, 0.2) is 18.2 Å². The SMILES string of the molecule is COc1cc(C)cc(C(C)C)c1. The van der Waals surface area contributed by atoms with Crippen molar-refractivity contribution in [3.63, 3.8) is 0 Å². The van der Waals surface area contributed by atoms with Gasteiger partial charge in [-0.05, 0) is 36.1 Å². The average Bonchev–Trinajstić information content (AvgIpc) is 2.03. The van der Waals surface area contributed by atoms with Crippen LogP contribution in [0.1, 0.15) is 30.9 Å². The van der Waals surface area contributed by atoms with E-state index in [9.17, 15) is 0 Å². The number of hydrogen-bond acceptors (Lipinski definition) is 1. The van der Waals surface area contributed by atoms with Crippen molar-refractivity contribution in [2.24, 2.45) is 0 Å². The monoisotopic (exact) mass is 164 g/mol. The molecule has 0 aromatic heterocycles. The fourth-order valence-electron chi connectivity index (χ4n) is 1.23. The molecule has 0 saturated heterocycles. The lowest BCUT2D eigenvalue weighted by Gasteiger charge is -2.08. The van der Waals surface area contributed by atoms with Gasteiger partial charge in [0.2, 0.25) is 0 Å². The number of ether oxygens (including phenoxy) is 1. The van der Waals surface area contributed by atoms with Crippen LogP contribution in [0.25, 0.3) is 0 Å². The molecule has 0 N–H and O–H groups in total. The van der Waals surface area contributed by atoms with Crippen LogP contribution in [-0.4, -0.2) is 7.11 Å². The van der Waals surface area contributed by atoms with Crippen LogP contribution < -0.4 is 4.74 Å². The van der Waals surface area contributed by atoms with Gasteiger partial charge >= 0.3 is 0 Å². The molecule has 0 radical (unpaired) electrons. The van der Waals surface area contributed by atoms with Gasteiger partial charge in [0.1, 0.15) is 5.75 Å². The van der Waals surface area contributed by atoms with Crippen LogP contribution in [0, 0.1) is 6.92 Å². The molecule has 0 bridgehead atoms. The molecule has 0 saturated carbocycles. The van der Waals surface area contributed by atoms with Gasteiger partial charge in [0, 0.05) is 0 Å². The molecule has 66 valence electrons. The van der Waals surface area contributed by atoms with Gasteiger partial charge in [-0.2, -0.15) is 0 Å². The van der Waals surface area contributed by atoms with Crippen molar-refractivity contribution in [1.82, 2.24) is 0 Å². The zero-order valence-corrected chi connectivity index (χ0v) is 8.22. The quantitative estimate of drug-likeness (QED) is 0.652. The Hall–Kier alpha value is -0.980. The minimum Gasteiger partial charge on any atom is -0.497 e. The topological polar surface area (TPSA) is 9.23 Å². The molecule has 0 unspecified atom stereocenters. The van der Waals surface area contributed by atoms with Crippen LogP contribution >= 0.6 is 0 Å². The van der Waals surface area contributed by atoms with E-state index in [0.29, 0.717) is 5.92 Å². The molecule has 0 fully saturated rings. The summed E-state index contributed by atoms with van der Waals surface area (Å²) in [4.78, 5) is 0. The normalized spacial score (nSPS) is 10.4. The smallest absolute Gasteiger partial charge is 0.119 e. The van der Waals surface area contributed by atoms with Crippen LogP contribution in [-0.2, 0) is 0 Å². The lowest BCUT2D eigenvalue weighted by molar-refractivity contribution is 0.413. The summed E-state index contributed by atoms with van der Waals surface area (Å²) in [7, 11) is 1.71. The highest BCUT2D eigenvalue weighted by Crippen LogP contribution is 2.22. The fourth-order valence-corrected chi connectivity index (χ4v) is 1.23. The van der Waals surface area contributed by atoms with Gasteiger partial charge < -0.3 is 4.74 Å². The van der Waals surface area contributed by atoms with Crippen molar-refractivity contribution in [1.29, 1.82) is 0 Å². The number of hydrogen-bond donors (Lipinski definition) is 0. The van der Waals surface area contributed by atoms with Gasteiger partial charge in [-0.3, -0.25) is 0 Å². The summed E-state index contributed by atoms with van der Waals surface area (Å²) in [5, 5.41) is 0. The second-order valence-corrected chi connectivity index (χ2v) is 3.44. The first kappa shape index (κ1) is 9.11. The third-order valence-electron chi connectivity index (χ3n) is 1.98. The highest BCUT2D eigenvalue weighted by molar-refractivity contribution is 5.35. The molecule has 0 aliphatic rings. The third kappa shape index (κ3) is 2.00. The molecular weight excluding hydrogens is 148 g/mol. The largest absolute Gasteiger partial charge is 0.497 e. The molecule has 1 aromatic carbocycles. The summed E-state index contributed by atoms with van der Waals surface area (Å²) in [5.41, 5.74) is 2.60. The zero-order chi connectivity index (χ0) is 9.14. The molecule has 0 aliphatic carbocycles. The first-order chi connectivity index (χ1) is 5.63. The Morgan fingerprint density at radius 3 is 2.33 bits per heavy atom. The minimum atomic E-state index is 0.568. The predicted molar refractivity (Wildman–Crippen MR) is 51.8 cm³/mol. The van der Waals surface area contributed by atoms with Gasteiger partial charge in [0.05, 0.1) is 7.11 Å². The van der Waals surface area contributed by atoms with Crippen LogP contribution in [0.5, 0.6) is 5.75 Å². The maximum atomic E-state index is 5.19. The van der Waals surface area contributed by atoms with Gasteiger partial charge in [0.25, 0.3) is 0 Å². The highest BCUT2D eigenvalue weighted by atomic mass is 16.5. The van der Waals surface area contributed by atoms with Crippen molar-refractivity contribution in [3.8, 4) is 5.75 Å². The molecule has 0 spiro atoms. The van der Waals surface area contributed by atoms with Crippen molar-refractivity contribution in [3.05, 3.63) is 29.3 Å². The first-order valence-electron chi connectivity index (χ1n) is 4.29. The molecule has 0 amide bonds. The Morgan fingerprint density at radius 2 is 1.83 bits per heavy atom. The highest BCUT2D eigenvalue weighted by Gasteiger charge is 2.01. The zero-order valence-electron chi connectivity index (χ0n) is 8.22. The Kier molecular flexibility index (Phi) is 2.74. The third-order valence-corrected chi connectivity index (χ3v) is 1.98. The van der Waals surface area contributed by atoms with Gasteiger partial charge in [0.15, 0.2) is 0 Å². The first-order valence-corrected chi connectivity index (χ1v) is 4.29. The summed E-state index contributed by atoms with van der Waals surface area (Å²) in [5.74, 6) is 1.53. The number of aryl methyl sites for hydroxylation is 1. The molecule has 0 heterocycles. The van der Waals surface area contributed by atoms with Crippen LogP contribution in [0.3, 0.4) is 0 Å². The van der Waals surface area contributed by atoms with E-state index in [-0.39, 0.29) is 0 Å². The van der Waals surface area contributed by atoms with E-state index < -0.39 is 0 Å². The van der Waals surface area contributed by atoms with Gasteiger partial charge in [-0.15, -0.1) is 0 Å². The molecule has 1 heteroatoms. The van der Waals surface area contributed by atoms with Crippen molar-refractivity contribution < 1.29 is 4.74 Å². The lowest BCUT2D eigenvalue weighted by atomic mass is 10.0. The van der Waals surface area contributed by atoms with Crippen molar-refractivity contribution >= 4 is 0 Å². The summed E-state index contributed by atoms with van der Waals surface area (Å²) in [6.45, 7) is 6.47. The van der Waals surface area contributed by atoms with Crippen LogP contribution in [0.4, 0.5) is 0 Å². The van der Waals surface area contributed by atoms with E-state index >= 15 is 0 Å². The van der Waals surface area contributed by atoms with Crippen molar-refractivity contribution in [2.45, 2.75) is 26.7 Å². The lowest BCUT2D eigenvalue weighted by Crippen LogP contribution is -1.91. The standard InChI is InChI=1S/C11H16O/c1-8(2)10-5-9(3)6-11(7-10)12-4/h5-8H,1-4H3. The van der Waals surface area contributed by atoms with Crippen LogP contribution in [0.2, 0.25) is 0 Å². The van der Waals surface area contributed by atoms with E-state index in [1.807, 2.05) is 6.07 Å². The number of rotatable bonds is 2. The Morgan fingerprint density at radius 1 is 1.17 bits per heavy atom. The van der Waals surface area contributed by atoms with E-state index in [0.717, 1.165) is 5.75 Å². The van der Waals surface area contributed by atoms with Gasteiger partial charge in [-0.25, -0.2) is 0 Å². The Bertz CT molecular complexity index is 264. The van der Waals surface area contributed by atoms with E-state index in [2.05, 4.69) is 32.9 Å². The fraction of sp³-hybridized carbons (Fsp3) is 0.455.